The van der Waals surface area contributed by atoms with Gasteiger partial charge in [0.15, 0.2) is 0 Å². The van der Waals surface area contributed by atoms with Crippen molar-refractivity contribution < 1.29 is 20.0 Å². The lowest BCUT2D eigenvalue weighted by Gasteiger charge is -2.04. The summed E-state index contributed by atoms with van der Waals surface area (Å²) in [6, 6.07) is 0. The number of carboxylic acids is 1. The van der Waals surface area contributed by atoms with E-state index < -0.39 is 5.97 Å². The van der Waals surface area contributed by atoms with Gasteiger partial charge in [0.1, 0.15) is 6.10 Å². The van der Waals surface area contributed by atoms with Crippen LogP contribution in [-0.2, 0) is 9.68 Å². The zero-order chi connectivity index (χ0) is 19.3. The number of carbonyl (C=O) groups is 1. The van der Waals surface area contributed by atoms with Crippen molar-refractivity contribution in [3.8, 4) is 11.8 Å². The molecule has 4 heteroatoms. The third kappa shape index (κ3) is 18.3. The first kappa shape index (κ1) is 23.9. The van der Waals surface area contributed by atoms with E-state index in [1.165, 1.54) is 0 Å². The molecule has 0 aromatic carbocycles. The average molecular weight is 360 g/mol. The van der Waals surface area contributed by atoms with E-state index in [1.54, 1.807) is 0 Å². The summed E-state index contributed by atoms with van der Waals surface area (Å²) >= 11 is 0. The zero-order valence-electron chi connectivity index (χ0n) is 15.8. The Labute approximate surface area is 157 Å². The average Bonchev–Trinajstić information content (AvgIpc) is 2.63. The highest BCUT2D eigenvalue weighted by molar-refractivity contribution is 5.66. The number of allylic oxidation sites excluding steroid dienone is 6. The summed E-state index contributed by atoms with van der Waals surface area (Å²) < 4.78 is 0. The number of hydrogen-bond donors (Lipinski definition) is 2. The SMILES string of the molecule is CC/C=C\C[C@@H](/C=C/CCC/C=C\C/C=C\CC#CCCC(=O)O)OO. The summed E-state index contributed by atoms with van der Waals surface area (Å²) in [7, 11) is 0. The van der Waals surface area contributed by atoms with Gasteiger partial charge < -0.3 is 5.11 Å². The predicted molar refractivity (Wildman–Crippen MR) is 107 cm³/mol. The molecule has 0 saturated heterocycles. The molecule has 1 atom stereocenters. The molecule has 0 aliphatic rings. The topological polar surface area (TPSA) is 66.8 Å². The summed E-state index contributed by atoms with van der Waals surface area (Å²) in [5.74, 6) is 4.97. The van der Waals surface area contributed by atoms with Crippen LogP contribution < -0.4 is 0 Å². The third-order valence-electron chi connectivity index (χ3n) is 3.41. The Morgan fingerprint density at radius 2 is 1.81 bits per heavy atom. The van der Waals surface area contributed by atoms with Crippen molar-refractivity contribution in [2.75, 3.05) is 0 Å². The Kier molecular flexibility index (Phi) is 17.7. The maximum atomic E-state index is 10.3. The van der Waals surface area contributed by atoms with Gasteiger partial charge in [-0.1, -0.05) is 61.5 Å². The van der Waals surface area contributed by atoms with Crippen molar-refractivity contribution in [2.24, 2.45) is 0 Å². The van der Waals surface area contributed by atoms with E-state index in [1.807, 2.05) is 18.2 Å². The monoisotopic (exact) mass is 360 g/mol. The van der Waals surface area contributed by atoms with Crippen LogP contribution >= 0.6 is 0 Å². The summed E-state index contributed by atoms with van der Waals surface area (Å²) in [5, 5.41) is 17.3. The van der Waals surface area contributed by atoms with Gasteiger partial charge in [-0.25, -0.2) is 4.89 Å². The van der Waals surface area contributed by atoms with Crippen molar-refractivity contribution in [1.82, 2.24) is 0 Å². The highest BCUT2D eigenvalue weighted by Crippen LogP contribution is 2.05. The van der Waals surface area contributed by atoms with E-state index >= 15 is 0 Å². The highest BCUT2D eigenvalue weighted by atomic mass is 17.1. The van der Waals surface area contributed by atoms with E-state index in [0.717, 1.165) is 32.1 Å². The number of aliphatic carboxylic acids is 1. The second-order valence-corrected chi connectivity index (χ2v) is 5.75. The van der Waals surface area contributed by atoms with Crippen LogP contribution in [0.4, 0.5) is 0 Å². The summed E-state index contributed by atoms with van der Waals surface area (Å²) in [5.41, 5.74) is 0. The first-order chi connectivity index (χ1) is 12.7. The minimum Gasteiger partial charge on any atom is -0.481 e. The van der Waals surface area contributed by atoms with Gasteiger partial charge in [0.2, 0.25) is 0 Å². The van der Waals surface area contributed by atoms with Gasteiger partial charge in [-0.3, -0.25) is 10.1 Å². The van der Waals surface area contributed by atoms with Gasteiger partial charge in [0, 0.05) is 12.8 Å². The van der Waals surface area contributed by atoms with Crippen LogP contribution in [-0.4, -0.2) is 22.4 Å². The fourth-order valence-electron chi connectivity index (χ4n) is 2.02. The van der Waals surface area contributed by atoms with Crippen molar-refractivity contribution in [3.05, 3.63) is 48.6 Å². The first-order valence-electron chi connectivity index (χ1n) is 9.30. The Bertz CT molecular complexity index is 518. The van der Waals surface area contributed by atoms with Gasteiger partial charge in [-0.15, -0.1) is 5.92 Å². The van der Waals surface area contributed by atoms with Crippen LogP contribution in [0.2, 0.25) is 0 Å². The molecule has 144 valence electrons. The highest BCUT2D eigenvalue weighted by Gasteiger charge is 2.00. The second kappa shape index (κ2) is 19.2. The molecule has 0 radical (unpaired) electrons. The van der Waals surface area contributed by atoms with Crippen molar-refractivity contribution >= 4 is 5.97 Å². The van der Waals surface area contributed by atoms with Crippen LogP contribution in [0.25, 0.3) is 0 Å². The van der Waals surface area contributed by atoms with Crippen LogP contribution in [0.15, 0.2) is 48.6 Å². The van der Waals surface area contributed by atoms with Crippen LogP contribution in [0.5, 0.6) is 0 Å². The van der Waals surface area contributed by atoms with Crippen molar-refractivity contribution in [2.45, 2.75) is 70.8 Å². The Balaban J connectivity index is 3.66. The van der Waals surface area contributed by atoms with E-state index in [0.29, 0.717) is 19.3 Å². The second-order valence-electron chi connectivity index (χ2n) is 5.75. The summed E-state index contributed by atoms with van der Waals surface area (Å²) in [6.45, 7) is 2.07. The quantitative estimate of drug-likeness (QED) is 0.137. The lowest BCUT2D eigenvalue weighted by molar-refractivity contribution is -0.264. The molecule has 26 heavy (non-hydrogen) atoms. The Hall–Kier alpha value is -2.09. The maximum Gasteiger partial charge on any atom is 0.304 e. The maximum absolute atomic E-state index is 10.3. The molecule has 2 N–H and O–H groups in total. The van der Waals surface area contributed by atoms with Gasteiger partial charge in [-0.2, -0.15) is 0 Å². The zero-order valence-corrected chi connectivity index (χ0v) is 15.8. The molecule has 4 nitrogen and oxygen atoms in total. The van der Waals surface area contributed by atoms with Crippen molar-refractivity contribution in [3.63, 3.8) is 0 Å². The van der Waals surface area contributed by atoms with Gasteiger partial charge in [0.25, 0.3) is 0 Å². The number of hydrogen-bond acceptors (Lipinski definition) is 3. The fraction of sp³-hybridized carbons (Fsp3) is 0.500. The Morgan fingerprint density at radius 1 is 1.04 bits per heavy atom. The molecule has 0 fully saturated rings. The molecule has 0 aromatic rings. The third-order valence-corrected chi connectivity index (χ3v) is 3.41. The molecule has 0 aliphatic carbocycles. The minimum atomic E-state index is -0.804. The molecule has 0 rings (SSSR count). The first-order valence-corrected chi connectivity index (χ1v) is 9.30. The van der Waals surface area contributed by atoms with E-state index in [4.69, 9.17) is 10.4 Å². The minimum absolute atomic E-state index is 0.109. The molecule has 0 bridgehead atoms. The van der Waals surface area contributed by atoms with Crippen LogP contribution in [0, 0.1) is 11.8 Å². The van der Waals surface area contributed by atoms with Gasteiger partial charge in [-0.05, 0) is 38.5 Å². The smallest absolute Gasteiger partial charge is 0.304 e. The molecular weight excluding hydrogens is 328 g/mol. The largest absolute Gasteiger partial charge is 0.481 e. The molecule has 0 unspecified atom stereocenters. The molecule has 0 spiro atoms. The van der Waals surface area contributed by atoms with Crippen LogP contribution in [0.1, 0.15) is 64.7 Å². The Morgan fingerprint density at radius 3 is 2.54 bits per heavy atom. The summed E-state index contributed by atoms with van der Waals surface area (Å²) in [6.07, 6.45) is 23.0. The molecule has 0 amide bonds. The molecular formula is C22H32O4. The summed E-state index contributed by atoms with van der Waals surface area (Å²) in [4.78, 5) is 14.7. The normalized spacial score (nSPS) is 13.0. The predicted octanol–water partition coefficient (Wildman–Crippen LogP) is 5.69. The van der Waals surface area contributed by atoms with Gasteiger partial charge >= 0.3 is 5.97 Å². The van der Waals surface area contributed by atoms with E-state index in [-0.39, 0.29) is 12.5 Å². The number of carboxylic acid groups (broad SMARTS) is 1. The van der Waals surface area contributed by atoms with E-state index in [9.17, 15) is 4.79 Å². The standard InChI is InChI=1S/C22H32O4/c1-2-3-15-18-21(26-25)19-16-13-11-9-7-5-4-6-8-10-12-14-17-20-22(23)24/h3,5-8,15-16,19,21,25H,2,4,9-11,13,17-18,20H2,1H3,(H,23,24)/b7-5-,8-6-,15-3-,19-16+/t21-/m0/s1. The molecule has 0 saturated carbocycles. The van der Waals surface area contributed by atoms with Gasteiger partial charge in [0.05, 0.1) is 6.42 Å². The lowest BCUT2D eigenvalue weighted by Crippen LogP contribution is -2.05. The number of unbranched alkanes of at least 4 members (excludes halogenated alkanes) is 2. The number of rotatable bonds is 14. The van der Waals surface area contributed by atoms with E-state index in [2.05, 4.69) is 54.0 Å². The lowest BCUT2D eigenvalue weighted by atomic mass is 10.1. The van der Waals surface area contributed by atoms with Crippen molar-refractivity contribution in [1.29, 1.82) is 0 Å². The molecule has 0 aromatic heterocycles. The molecule has 0 aliphatic heterocycles. The molecule has 0 heterocycles. The van der Waals surface area contributed by atoms with Crippen LogP contribution in [0.3, 0.4) is 0 Å². The fourth-order valence-corrected chi connectivity index (χ4v) is 2.02.